The molecule has 0 unspecified atom stereocenters. The van der Waals surface area contributed by atoms with Gasteiger partial charge in [0.1, 0.15) is 5.82 Å². The van der Waals surface area contributed by atoms with Gasteiger partial charge in [0.05, 0.1) is 27.6 Å². The summed E-state index contributed by atoms with van der Waals surface area (Å²) in [6.07, 6.45) is 2.05. The summed E-state index contributed by atoms with van der Waals surface area (Å²) in [6, 6.07) is 15.6. The zero-order chi connectivity index (χ0) is 26.7. The number of hydrogen-bond donors (Lipinski definition) is 1. The maximum Gasteiger partial charge on any atom is 0.416 e. The number of pyridine rings is 1. The summed E-state index contributed by atoms with van der Waals surface area (Å²) in [6.45, 7) is 1.98. The van der Waals surface area contributed by atoms with Crippen LogP contribution in [0.5, 0.6) is 0 Å². The number of alkyl halides is 3. The third-order valence-electron chi connectivity index (χ3n) is 7.92. The van der Waals surface area contributed by atoms with E-state index in [4.69, 9.17) is 4.98 Å². The van der Waals surface area contributed by atoms with Crippen LogP contribution >= 0.6 is 0 Å². The molecular weight excluding hydrogens is 503 g/mol. The SMILES string of the molecule is O=C(C1CC1)N1CC[C@H](Cn2c(-c3ccc(-c4cnc5cc[nH]c5c4)cc3)nc3cc(C(F)(F)F)ccc32)C1. The number of likely N-dealkylation sites (tertiary alicyclic amines) is 1. The van der Waals surface area contributed by atoms with Gasteiger partial charge in [0.25, 0.3) is 0 Å². The minimum Gasteiger partial charge on any atom is -0.360 e. The lowest BCUT2D eigenvalue weighted by molar-refractivity contribution is -0.137. The number of nitrogens with one attached hydrogen (secondary N) is 1. The number of nitrogens with zero attached hydrogens (tertiary/aromatic N) is 4. The fourth-order valence-electron chi connectivity index (χ4n) is 5.64. The van der Waals surface area contributed by atoms with Gasteiger partial charge in [0, 0.05) is 49.1 Å². The van der Waals surface area contributed by atoms with Crippen molar-refractivity contribution < 1.29 is 18.0 Å². The van der Waals surface area contributed by atoms with E-state index in [0.29, 0.717) is 29.9 Å². The Morgan fingerprint density at radius 1 is 0.949 bits per heavy atom. The maximum absolute atomic E-state index is 13.5. The largest absolute Gasteiger partial charge is 0.416 e. The zero-order valence-electron chi connectivity index (χ0n) is 21.1. The van der Waals surface area contributed by atoms with E-state index in [1.54, 1.807) is 0 Å². The van der Waals surface area contributed by atoms with Crippen LogP contribution in [0.4, 0.5) is 13.2 Å². The van der Waals surface area contributed by atoms with Crippen LogP contribution in [-0.4, -0.2) is 43.4 Å². The van der Waals surface area contributed by atoms with Crippen LogP contribution in [0.1, 0.15) is 24.8 Å². The molecule has 0 radical (unpaired) electrons. The molecule has 2 aliphatic rings. The fourth-order valence-corrected chi connectivity index (χ4v) is 5.64. The molecular formula is C30H26F3N5O. The third-order valence-corrected chi connectivity index (χ3v) is 7.92. The van der Waals surface area contributed by atoms with Gasteiger partial charge in [-0.15, -0.1) is 0 Å². The molecule has 2 fully saturated rings. The molecule has 4 heterocycles. The third kappa shape index (κ3) is 4.45. The number of fused-ring (bicyclic) bond motifs is 2. The number of aromatic amines is 1. The molecule has 9 heteroatoms. The van der Waals surface area contributed by atoms with Gasteiger partial charge in [-0.25, -0.2) is 4.98 Å². The minimum absolute atomic E-state index is 0.181. The van der Waals surface area contributed by atoms with Crippen LogP contribution in [0.2, 0.25) is 0 Å². The van der Waals surface area contributed by atoms with E-state index in [2.05, 4.69) is 9.97 Å². The molecule has 198 valence electrons. The Balaban J connectivity index is 1.24. The van der Waals surface area contributed by atoms with Crippen LogP contribution in [0.3, 0.4) is 0 Å². The van der Waals surface area contributed by atoms with Crippen LogP contribution in [0.25, 0.3) is 44.6 Å². The Hall–Kier alpha value is -4.14. The van der Waals surface area contributed by atoms with Crippen molar-refractivity contribution in [1.29, 1.82) is 0 Å². The number of carbonyl (C=O) groups is 1. The topological polar surface area (TPSA) is 66.8 Å². The summed E-state index contributed by atoms with van der Waals surface area (Å²) in [5.41, 5.74) is 4.87. The first-order valence-electron chi connectivity index (χ1n) is 13.2. The van der Waals surface area contributed by atoms with Crippen LogP contribution in [0, 0.1) is 11.8 Å². The number of halogens is 3. The lowest BCUT2D eigenvalue weighted by Gasteiger charge is -2.18. The van der Waals surface area contributed by atoms with Crippen molar-refractivity contribution in [3.63, 3.8) is 0 Å². The molecule has 1 N–H and O–H groups in total. The van der Waals surface area contributed by atoms with Crippen molar-refractivity contribution in [2.24, 2.45) is 11.8 Å². The van der Waals surface area contributed by atoms with Gasteiger partial charge in [-0.1, -0.05) is 24.3 Å². The van der Waals surface area contributed by atoms with E-state index in [9.17, 15) is 18.0 Å². The van der Waals surface area contributed by atoms with E-state index in [-0.39, 0.29) is 17.7 Å². The van der Waals surface area contributed by atoms with Gasteiger partial charge >= 0.3 is 6.18 Å². The predicted octanol–water partition coefficient (Wildman–Crippen LogP) is 6.52. The Morgan fingerprint density at radius 2 is 1.74 bits per heavy atom. The van der Waals surface area contributed by atoms with Gasteiger partial charge in [0.15, 0.2) is 0 Å². The van der Waals surface area contributed by atoms with E-state index >= 15 is 0 Å². The molecule has 1 aliphatic carbocycles. The normalized spacial score (nSPS) is 17.9. The Labute approximate surface area is 222 Å². The number of rotatable bonds is 5. The van der Waals surface area contributed by atoms with E-state index in [1.165, 1.54) is 6.07 Å². The summed E-state index contributed by atoms with van der Waals surface area (Å²) in [4.78, 5) is 26.9. The molecule has 1 saturated heterocycles. The van der Waals surface area contributed by atoms with E-state index < -0.39 is 11.7 Å². The van der Waals surface area contributed by atoms with E-state index in [0.717, 1.165) is 65.7 Å². The molecule has 7 rings (SSSR count). The van der Waals surface area contributed by atoms with Crippen LogP contribution in [-0.2, 0) is 17.5 Å². The highest BCUT2D eigenvalue weighted by molar-refractivity contribution is 5.84. The van der Waals surface area contributed by atoms with Crippen molar-refractivity contribution in [1.82, 2.24) is 24.4 Å². The van der Waals surface area contributed by atoms with Crippen molar-refractivity contribution in [3.05, 3.63) is 72.6 Å². The number of imidazole rings is 1. The smallest absolute Gasteiger partial charge is 0.360 e. The second kappa shape index (κ2) is 8.97. The molecule has 0 bridgehead atoms. The van der Waals surface area contributed by atoms with Crippen LogP contribution < -0.4 is 0 Å². The predicted molar refractivity (Wildman–Crippen MR) is 143 cm³/mol. The molecule has 39 heavy (non-hydrogen) atoms. The highest BCUT2D eigenvalue weighted by atomic mass is 19.4. The summed E-state index contributed by atoms with van der Waals surface area (Å²) in [5, 5.41) is 0. The highest BCUT2D eigenvalue weighted by Crippen LogP contribution is 2.36. The monoisotopic (exact) mass is 529 g/mol. The lowest BCUT2D eigenvalue weighted by Crippen LogP contribution is -2.30. The molecule has 3 aromatic heterocycles. The minimum atomic E-state index is -4.44. The second-order valence-electron chi connectivity index (χ2n) is 10.7. The van der Waals surface area contributed by atoms with Gasteiger partial charge in [-0.05, 0) is 61.1 Å². The second-order valence-corrected chi connectivity index (χ2v) is 10.7. The number of hydrogen-bond acceptors (Lipinski definition) is 3. The number of H-pyrrole nitrogens is 1. The molecule has 0 spiro atoms. The molecule has 1 atom stereocenters. The molecule has 1 aliphatic heterocycles. The number of aromatic nitrogens is 4. The molecule has 5 aromatic rings. The van der Waals surface area contributed by atoms with Gasteiger partial charge in [-0.3, -0.25) is 9.78 Å². The zero-order valence-corrected chi connectivity index (χ0v) is 21.1. The summed E-state index contributed by atoms with van der Waals surface area (Å²) in [7, 11) is 0. The standard InChI is InChI=1S/C30H26F3N5O/c31-30(32,33)23-7-8-27-26(14-23)36-28(38(27)17-18-10-12-37(16-18)29(39)21-5-6-21)20-3-1-19(2-4-20)22-13-25-24(35-15-22)9-11-34-25/h1-4,7-9,11,13-15,18,21,34H,5-6,10,12,16-17H2/t18-/m0/s1. The Morgan fingerprint density at radius 3 is 2.51 bits per heavy atom. The van der Waals surface area contributed by atoms with Gasteiger partial charge < -0.3 is 14.5 Å². The average Bonchev–Trinajstić information content (AvgIpc) is 3.33. The first kappa shape index (κ1) is 23.9. The first-order valence-corrected chi connectivity index (χ1v) is 13.2. The summed E-state index contributed by atoms with van der Waals surface area (Å²) >= 11 is 0. The van der Waals surface area contributed by atoms with Crippen molar-refractivity contribution in [2.75, 3.05) is 13.1 Å². The van der Waals surface area contributed by atoms with Crippen LogP contribution in [0.15, 0.2) is 67.0 Å². The van der Waals surface area contributed by atoms with Gasteiger partial charge in [0.2, 0.25) is 5.91 Å². The van der Waals surface area contributed by atoms with Crippen molar-refractivity contribution in [2.45, 2.75) is 32.0 Å². The Kier molecular flexibility index (Phi) is 5.50. The molecule has 1 amide bonds. The highest BCUT2D eigenvalue weighted by Gasteiger charge is 2.37. The number of carbonyl (C=O) groups excluding carboxylic acids is 1. The van der Waals surface area contributed by atoms with Gasteiger partial charge in [-0.2, -0.15) is 13.2 Å². The van der Waals surface area contributed by atoms with Crippen molar-refractivity contribution in [3.8, 4) is 22.5 Å². The number of benzene rings is 2. The number of amides is 1. The fraction of sp³-hybridized carbons (Fsp3) is 0.300. The maximum atomic E-state index is 13.5. The molecule has 1 saturated carbocycles. The summed E-state index contributed by atoms with van der Waals surface area (Å²) < 4.78 is 42.4. The molecule has 6 nitrogen and oxygen atoms in total. The first-order chi connectivity index (χ1) is 18.8. The lowest BCUT2D eigenvalue weighted by atomic mass is 10.0. The quantitative estimate of drug-likeness (QED) is 0.282. The van der Waals surface area contributed by atoms with E-state index in [1.807, 2.05) is 58.3 Å². The Bertz CT molecular complexity index is 1700. The summed E-state index contributed by atoms with van der Waals surface area (Å²) in [5.74, 6) is 1.26. The molecule has 2 aromatic carbocycles. The van der Waals surface area contributed by atoms with Crippen molar-refractivity contribution >= 4 is 28.0 Å². The average molecular weight is 530 g/mol.